The van der Waals surface area contributed by atoms with E-state index in [9.17, 15) is 0 Å². The maximum atomic E-state index is 5.83. The predicted octanol–water partition coefficient (Wildman–Crippen LogP) is 2.26. The molecule has 2 atom stereocenters. The Kier molecular flexibility index (Phi) is 3.33. The lowest BCUT2D eigenvalue weighted by molar-refractivity contribution is 0.625. The van der Waals surface area contributed by atoms with E-state index in [1.807, 2.05) is 19.2 Å². The van der Waals surface area contributed by atoms with Crippen molar-refractivity contribution < 1.29 is 0 Å². The Morgan fingerprint density at radius 3 is 2.76 bits per heavy atom. The summed E-state index contributed by atoms with van der Waals surface area (Å²) in [6.45, 7) is 7.57. The minimum Gasteiger partial charge on any atom is -0.389 e. The number of aryl methyl sites for hydroxylation is 1. The van der Waals surface area contributed by atoms with Crippen molar-refractivity contribution in [1.82, 2.24) is 4.98 Å². The topological polar surface area (TPSA) is 42.2 Å². The first kappa shape index (κ1) is 12.3. The second kappa shape index (κ2) is 4.61. The molecule has 2 rings (SSSR count). The first-order chi connectivity index (χ1) is 8.00. The third-order valence-corrected chi connectivity index (χ3v) is 3.65. The quantitative estimate of drug-likeness (QED) is 0.816. The van der Waals surface area contributed by atoms with E-state index in [4.69, 9.17) is 18.0 Å². The number of anilines is 1. The van der Waals surface area contributed by atoms with Gasteiger partial charge in [-0.2, -0.15) is 0 Å². The van der Waals surface area contributed by atoms with Gasteiger partial charge in [0.1, 0.15) is 10.8 Å². The monoisotopic (exact) mass is 249 g/mol. The molecule has 1 aliphatic heterocycles. The zero-order valence-electron chi connectivity index (χ0n) is 10.6. The zero-order chi connectivity index (χ0) is 12.6. The van der Waals surface area contributed by atoms with Crippen molar-refractivity contribution in [3.63, 3.8) is 0 Å². The van der Waals surface area contributed by atoms with E-state index in [0.29, 0.717) is 16.9 Å². The van der Waals surface area contributed by atoms with Crippen LogP contribution in [-0.2, 0) is 0 Å². The van der Waals surface area contributed by atoms with Crippen molar-refractivity contribution in [3.05, 3.63) is 23.4 Å². The molecule has 3 nitrogen and oxygen atoms in total. The van der Waals surface area contributed by atoms with Crippen molar-refractivity contribution in [2.45, 2.75) is 33.2 Å². The summed E-state index contributed by atoms with van der Waals surface area (Å²) >= 11 is 5.15. The molecule has 0 saturated carbocycles. The van der Waals surface area contributed by atoms with Crippen LogP contribution in [-0.4, -0.2) is 22.6 Å². The predicted molar refractivity (Wildman–Crippen MR) is 75.5 cm³/mol. The lowest BCUT2D eigenvalue weighted by atomic mass is 10.1. The van der Waals surface area contributed by atoms with Crippen molar-refractivity contribution in [2.75, 3.05) is 11.4 Å². The van der Waals surface area contributed by atoms with E-state index in [-0.39, 0.29) is 0 Å². The fourth-order valence-electron chi connectivity index (χ4n) is 2.66. The van der Waals surface area contributed by atoms with Gasteiger partial charge in [0.05, 0.1) is 5.56 Å². The van der Waals surface area contributed by atoms with E-state index in [0.717, 1.165) is 23.5 Å². The van der Waals surface area contributed by atoms with Crippen molar-refractivity contribution in [1.29, 1.82) is 0 Å². The average molecular weight is 249 g/mol. The fourth-order valence-corrected chi connectivity index (χ4v) is 2.91. The molecular formula is C13H19N3S. The summed E-state index contributed by atoms with van der Waals surface area (Å²) in [6.07, 6.45) is 3.04. The molecule has 1 aliphatic rings. The van der Waals surface area contributed by atoms with Crippen LogP contribution in [0.1, 0.15) is 31.4 Å². The summed E-state index contributed by atoms with van der Waals surface area (Å²) in [4.78, 5) is 7.25. The van der Waals surface area contributed by atoms with E-state index in [1.54, 1.807) is 0 Å². The van der Waals surface area contributed by atoms with E-state index < -0.39 is 0 Å². The molecule has 0 spiro atoms. The van der Waals surface area contributed by atoms with Gasteiger partial charge in [0.2, 0.25) is 0 Å². The molecule has 17 heavy (non-hydrogen) atoms. The van der Waals surface area contributed by atoms with Gasteiger partial charge in [-0.15, -0.1) is 0 Å². The standard InChI is InChI=1S/C13H19N3S/c1-8-6-10(3)16(7-8)13-11(12(14)17)9(2)4-5-15-13/h4-5,8,10H,6-7H2,1-3H3,(H2,14,17). The molecule has 92 valence electrons. The van der Waals surface area contributed by atoms with Crippen LogP contribution in [0.15, 0.2) is 12.3 Å². The minimum atomic E-state index is 0.442. The SMILES string of the molecule is Cc1ccnc(N2CC(C)CC2C)c1C(N)=S. The van der Waals surface area contributed by atoms with Gasteiger partial charge in [-0.1, -0.05) is 19.1 Å². The van der Waals surface area contributed by atoms with Crippen LogP contribution in [0.2, 0.25) is 0 Å². The van der Waals surface area contributed by atoms with Gasteiger partial charge < -0.3 is 10.6 Å². The Morgan fingerprint density at radius 1 is 1.53 bits per heavy atom. The van der Waals surface area contributed by atoms with E-state index in [2.05, 4.69) is 23.7 Å². The third kappa shape index (κ3) is 2.27. The third-order valence-electron chi connectivity index (χ3n) is 3.44. The molecule has 1 saturated heterocycles. The molecule has 1 aromatic rings. The number of aromatic nitrogens is 1. The molecule has 2 N–H and O–H groups in total. The molecule has 4 heteroatoms. The largest absolute Gasteiger partial charge is 0.389 e. The number of hydrogen-bond donors (Lipinski definition) is 1. The molecule has 0 aromatic carbocycles. The molecule has 2 unspecified atom stereocenters. The van der Waals surface area contributed by atoms with E-state index in [1.165, 1.54) is 6.42 Å². The lowest BCUT2D eigenvalue weighted by Gasteiger charge is -2.25. The van der Waals surface area contributed by atoms with Gasteiger partial charge in [-0.05, 0) is 37.8 Å². The number of thiocarbonyl (C=S) groups is 1. The molecule has 0 bridgehead atoms. The maximum absolute atomic E-state index is 5.83. The summed E-state index contributed by atoms with van der Waals surface area (Å²) in [5.41, 5.74) is 7.87. The highest BCUT2D eigenvalue weighted by molar-refractivity contribution is 7.80. The Bertz CT molecular complexity index is 444. The fraction of sp³-hybridized carbons (Fsp3) is 0.538. The summed E-state index contributed by atoms with van der Waals surface area (Å²) in [6, 6.07) is 2.47. The molecular weight excluding hydrogens is 230 g/mol. The van der Waals surface area contributed by atoms with Crippen LogP contribution in [0.25, 0.3) is 0 Å². The lowest BCUT2D eigenvalue weighted by Crippen LogP contribution is -2.30. The van der Waals surface area contributed by atoms with Crippen LogP contribution in [0, 0.1) is 12.8 Å². The van der Waals surface area contributed by atoms with Crippen molar-refractivity contribution >= 4 is 23.0 Å². The molecule has 2 heterocycles. The van der Waals surface area contributed by atoms with Gasteiger partial charge in [-0.25, -0.2) is 4.98 Å². The Morgan fingerprint density at radius 2 is 2.24 bits per heavy atom. The Hall–Kier alpha value is -1.16. The van der Waals surface area contributed by atoms with Gasteiger partial charge >= 0.3 is 0 Å². The van der Waals surface area contributed by atoms with E-state index >= 15 is 0 Å². The van der Waals surface area contributed by atoms with Crippen LogP contribution >= 0.6 is 12.2 Å². The van der Waals surface area contributed by atoms with Crippen LogP contribution in [0.3, 0.4) is 0 Å². The number of pyridine rings is 1. The highest BCUT2D eigenvalue weighted by Crippen LogP contribution is 2.30. The zero-order valence-corrected chi connectivity index (χ0v) is 11.4. The molecule has 0 amide bonds. The first-order valence-corrected chi connectivity index (χ1v) is 6.43. The highest BCUT2D eigenvalue weighted by atomic mass is 32.1. The average Bonchev–Trinajstić information content (AvgIpc) is 2.56. The van der Waals surface area contributed by atoms with Crippen LogP contribution in [0.5, 0.6) is 0 Å². The maximum Gasteiger partial charge on any atom is 0.139 e. The van der Waals surface area contributed by atoms with Crippen molar-refractivity contribution in [3.8, 4) is 0 Å². The van der Waals surface area contributed by atoms with Gasteiger partial charge in [0.15, 0.2) is 0 Å². The highest BCUT2D eigenvalue weighted by Gasteiger charge is 2.29. The smallest absolute Gasteiger partial charge is 0.139 e. The van der Waals surface area contributed by atoms with Gasteiger partial charge in [0.25, 0.3) is 0 Å². The summed E-state index contributed by atoms with van der Waals surface area (Å²) < 4.78 is 0. The second-order valence-electron chi connectivity index (χ2n) is 5.03. The van der Waals surface area contributed by atoms with Crippen molar-refractivity contribution in [2.24, 2.45) is 11.7 Å². The summed E-state index contributed by atoms with van der Waals surface area (Å²) in [5.74, 6) is 1.65. The van der Waals surface area contributed by atoms with Crippen LogP contribution in [0.4, 0.5) is 5.82 Å². The Labute approximate surface area is 108 Å². The summed E-state index contributed by atoms with van der Waals surface area (Å²) in [5, 5.41) is 0. The number of rotatable bonds is 2. The number of hydrogen-bond acceptors (Lipinski definition) is 3. The van der Waals surface area contributed by atoms with Gasteiger partial charge in [0, 0.05) is 18.8 Å². The molecule has 1 aromatic heterocycles. The van der Waals surface area contributed by atoms with Crippen LogP contribution < -0.4 is 10.6 Å². The Balaban J connectivity index is 2.45. The molecule has 1 fully saturated rings. The first-order valence-electron chi connectivity index (χ1n) is 6.02. The minimum absolute atomic E-state index is 0.442. The summed E-state index contributed by atoms with van der Waals surface area (Å²) in [7, 11) is 0. The number of nitrogens with zero attached hydrogens (tertiary/aromatic N) is 2. The second-order valence-corrected chi connectivity index (χ2v) is 5.47. The molecule has 0 radical (unpaired) electrons. The molecule has 0 aliphatic carbocycles. The van der Waals surface area contributed by atoms with Gasteiger partial charge in [-0.3, -0.25) is 0 Å². The normalized spacial score (nSPS) is 24.1. The number of nitrogens with two attached hydrogens (primary N) is 1.